The van der Waals surface area contributed by atoms with Gasteiger partial charge in [-0.3, -0.25) is 4.90 Å². The molecule has 0 aliphatic carbocycles. The van der Waals surface area contributed by atoms with E-state index in [1.807, 2.05) is 37.3 Å². The number of ether oxygens (including phenoxy) is 1. The van der Waals surface area contributed by atoms with Gasteiger partial charge in [0.1, 0.15) is 23.7 Å². The number of fused-ring (bicyclic) bond motifs is 1. The zero-order chi connectivity index (χ0) is 17.9. The Hall–Kier alpha value is -2.30. The fourth-order valence-electron chi connectivity index (χ4n) is 3.79. The van der Waals surface area contributed by atoms with E-state index in [-0.39, 0.29) is 12.6 Å². The lowest BCUT2D eigenvalue weighted by atomic mass is 10.1. The Morgan fingerprint density at radius 3 is 2.85 bits per heavy atom. The van der Waals surface area contributed by atoms with E-state index < -0.39 is 0 Å². The van der Waals surface area contributed by atoms with Crippen LogP contribution in [0.3, 0.4) is 0 Å². The molecule has 136 valence electrons. The fourth-order valence-corrected chi connectivity index (χ4v) is 3.79. The van der Waals surface area contributed by atoms with Crippen LogP contribution in [0.5, 0.6) is 5.75 Å². The van der Waals surface area contributed by atoms with Gasteiger partial charge in [-0.05, 0) is 50.1 Å². The van der Waals surface area contributed by atoms with Gasteiger partial charge in [-0.15, -0.1) is 0 Å². The first kappa shape index (κ1) is 17.1. The Morgan fingerprint density at radius 2 is 2.04 bits per heavy atom. The van der Waals surface area contributed by atoms with Crippen molar-refractivity contribution in [1.29, 1.82) is 0 Å². The van der Waals surface area contributed by atoms with Gasteiger partial charge >= 0.3 is 0 Å². The summed E-state index contributed by atoms with van der Waals surface area (Å²) in [5.74, 6) is 1.80. The van der Waals surface area contributed by atoms with Crippen molar-refractivity contribution in [2.24, 2.45) is 0 Å². The SMILES string of the molecule is Cc1oc2ccc(OCc3ccccc3)cc2c1CN1CCCC1CO. The first-order chi connectivity index (χ1) is 12.7. The molecule has 1 aliphatic rings. The van der Waals surface area contributed by atoms with E-state index in [4.69, 9.17) is 9.15 Å². The van der Waals surface area contributed by atoms with Crippen molar-refractivity contribution in [3.05, 3.63) is 65.4 Å². The highest BCUT2D eigenvalue weighted by Crippen LogP contribution is 2.32. The van der Waals surface area contributed by atoms with Crippen molar-refractivity contribution in [3.63, 3.8) is 0 Å². The van der Waals surface area contributed by atoms with Crippen LogP contribution < -0.4 is 4.74 Å². The van der Waals surface area contributed by atoms with Gasteiger partial charge in [-0.2, -0.15) is 0 Å². The Kier molecular flexibility index (Phi) is 4.96. The molecule has 0 radical (unpaired) electrons. The average Bonchev–Trinajstić information content (AvgIpc) is 3.25. The van der Waals surface area contributed by atoms with Crippen LogP contribution in [0.15, 0.2) is 52.9 Å². The van der Waals surface area contributed by atoms with Crippen molar-refractivity contribution in [3.8, 4) is 5.75 Å². The van der Waals surface area contributed by atoms with Crippen LogP contribution in [0.25, 0.3) is 11.0 Å². The van der Waals surface area contributed by atoms with Crippen LogP contribution in [-0.2, 0) is 13.2 Å². The van der Waals surface area contributed by atoms with E-state index in [1.165, 1.54) is 5.56 Å². The predicted molar refractivity (Wildman–Crippen MR) is 102 cm³/mol. The molecule has 2 aromatic carbocycles. The fraction of sp³-hybridized carbons (Fsp3) is 0.364. The molecule has 26 heavy (non-hydrogen) atoms. The first-order valence-corrected chi connectivity index (χ1v) is 9.28. The zero-order valence-corrected chi connectivity index (χ0v) is 15.1. The smallest absolute Gasteiger partial charge is 0.134 e. The predicted octanol–water partition coefficient (Wildman–Crippen LogP) is 4.28. The highest BCUT2D eigenvalue weighted by molar-refractivity contribution is 5.83. The minimum atomic E-state index is 0.222. The van der Waals surface area contributed by atoms with Crippen molar-refractivity contribution >= 4 is 11.0 Å². The van der Waals surface area contributed by atoms with E-state index in [0.29, 0.717) is 6.61 Å². The van der Waals surface area contributed by atoms with Crippen LogP contribution in [0, 0.1) is 6.92 Å². The summed E-state index contributed by atoms with van der Waals surface area (Å²) in [6, 6.07) is 16.5. The summed E-state index contributed by atoms with van der Waals surface area (Å²) in [7, 11) is 0. The van der Waals surface area contributed by atoms with Crippen LogP contribution in [0.1, 0.15) is 29.7 Å². The minimum Gasteiger partial charge on any atom is -0.489 e. The molecule has 1 aliphatic heterocycles. The van der Waals surface area contributed by atoms with Gasteiger partial charge < -0.3 is 14.3 Å². The molecule has 0 amide bonds. The number of hydrogen-bond acceptors (Lipinski definition) is 4. The van der Waals surface area contributed by atoms with Gasteiger partial charge in [-0.1, -0.05) is 30.3 Å². The monoisotopic (exact) mass is 351 g/mol. The highest BCUT2D eigenvalue weighted by atomic mass is 16.5. The maximum atomic E-state index is 9.58. The molecule has 2 heterocycles. The number of aliphatic hydroxyl groups excluding tert-OH is 1. The Labute approximate surface area is 154 Å². The molecule has 3 aromatic rings. The summed E-state index contributed by atoms with van der Waals surface area (Å²) < 4.78 is 11.9. The number of rotatable bonds is 6. The number of benzene rings is 2. The molecule has 0 spiro atoms. The normalized spacial score (nSPS) is 17.8. The standard InChI is InChI=1S/C22H25NO3/c1-16-21(13-23-11-5-8-18(23)14-24)20-12-19(9-10-22(20)26-16)25-15-17-6-3-2-4-7-17/h2-4,6-7,9-10,12,18,24H,5,8,11,13-15H2,1H3. The topological polar surface area (TPSA) is 45.8 Å². The second-order valence-electron chi connectivity index (χ2n) is 7.02. The molecule has 1 N–H and O–H groups in total. The maximum absolute atomic E-state index is 9.58. The summed E-state index contributed by atoms with van der Waals surface area (Å²) in [6.07, 6.45) is 2.21. The van der Waals surface area contributed by atoms with Crippen molar-refractivity contribution in [2.75, 3.05) is 13.2 Å². The molecule has 1 aromatic heterocycles. The first-order valence-electron chi connectivity index (χ1n) is 9.28. The Bertz CT molecular complexity index is 872. The minimum absolute atomic E-state index is 0.222. The molecule has 1 fully saturated rings. The molecule has 1 saturated heterocycles. The van der Waals surface area contributed by atoms with Crippen LogP contribution in [0.4, 0.5) is 0 Å². The summed E-state index contributed by atoms with van der Waals surface area (Å²) in [4.78, 5) is 2.36. The Balaban J connectivity index is 1.56. The largest absolute Gasteiger partial charge is 0.489 e. The van der Waals surface area contributed by atoms with Crippen molar-refractivity contribution < 1.29 is 14.3 Å². The van der Waals surface area contributed by atoms with E-state index >= 15 is 0 Å². The van der Waals surface area contributed by atoms with Gasteiger partial charge in [0.05, 0.1) is 6.61 Å². The van der Waals surface area contributed by atoms with E-state index in [1.54, 1.807) is 0 Å². The average molecular weight is 351 g/mol. The quantitative estimate of drug-likeness (QED) is 0.720. The third-order valence-corrected chi connectivity index (χ3v) is 5.28. The van der Waals surface area contributed by atoms with Gasteiger partial charge in [0.2, 0.25) is 0 Å². The molecule has 1 unspecified atom stereocenters. The number of aryl methyl sites for hydroxylation is 1. The second-order valence-corrected chi connectivity index (χ2v) is 7.02. The zero-order valence-electron chi connectivity index (χ0n) is 15.1. The lowest BCUT2D eigenvalue weighted by molar-refractivity contribution is 0.153. The molecule has 4 nitrogen and oxygen atoms in total. The number of nitrogens with zero attached hydrogens (tertiary/aromatic N) is 1. The summed E-state index contributed by atoms with van der Waals surface area (Å²) >= 11 is 0. The van der Waals surface area contributed by atoms with Gasteiger partial charge in [-0.25, -0.2) is 0 Å². The maximum Gasteiger partial charge on any atom is 0.134 e. The molecule has 0 saturated carbocycles. The summed E-state index contributed by atoms with van der Waals surface area (Å²) in [5, 5.41) is 10.7. The Morgan fingerprint density at radius 1 is 1.19 bits per heavy atom. The molecular weight excluding hydrogens is 326 g/mol. The third-order valence-electron chi connectivity index (χ3n) is 5.28. The number of hydrogen-bond donors (Lipinski definition) is 1. The highest BCUT2D eigenvalue weighted by Gasteiger charge is 2.25. The number of likely N-dealkylation sites (tertiary alicyclic amines) is 1. The van der Waals surface area contributed by atoms with E-state index in [0.717, 1.165) is 54.0 Å². The van der Waals surface area contributed by atoms with Crippen molar-refractivity contribution in [1.82, 2.24) is 4.90 Å². The van der Waals surface area contributed by atoms with Crippen LogP contribution in [0.2, 0.25) is 0 Å². The lowest BCUT2D eigenvalue weighted by Gasteiger charge is -2.22. The van der Waals surface area contributed by atoms with E-state index in [9.17, 15) is 5.11 Å². The number of aliphatic hydroxyl groups is 1. The third kappa shape index (κ3) is 3.48. The van der Waals surface area contributed by atoms with Gasteiger partial charge in [0, 0.05) is 23.5 Å². The molecule has 4 rings (SSSR count). The van der Waals surface area contributed by atoms with Gasteiger partial charge in [0.15, 0.2) is 0 Å². The summed E-state index contributed by atoms with van der Waals surface area (Å²) in [5.41, 5.74) is 3.24. The molecule has 4 heteroatoms. The van der Waals surface area contributed by atoms with E-state index in [2.05, 4.69) is 23.1 Å². The van der Waals surface area contributed by atoms with Crippen LogP contribution in [-0.4, -0.2) is 29.2 Å². The lowest BCUT2D eigenvalue weighted by Crippen LogP contribution is -2.31. The van der Waals surface area contributed by atoms with Crippen molar-refractivity contribution in [2.45, 2.75) is 39.0 Å². The molecule has 1 atom stereocenters. The summed E-state index contributed by atoms with van der Waals surface area (Å²) in [6.45, 7) is 4.63. The van der Waals surface area contributed by atoms with Gasteiger partial charge in [0.25, 0.3) is 0 Å². The van der Waals surface area contributed by atoms with Crippen LogP contribution >= 0.6 is 0 Å². The molecule has 0 bridgehead atoms. The molecular formula is C22H25NO3. The second kappa shape index (κ2) is 7.52. The number of furan rings is 1.